The molecule has 0 amide bonds. The van der Waals surface area contributed by atoms with E-state index in [2.05, 4.69) is 19.6 Å². The Morgan fingerprint density at radius 2 is 2.05 bits per heavy atom. The van der Waals surface area contributed by atoms with Crippen LogP contribution in [-0.4, -0.2) is 22.7 Å². The van der Waals surface area contributed by atoms with Crippen molar-refractivity contribution in [2.24, 2.45) is 0 Å². The number of nitrogens with one attached hydrogen (secondary N) is 1. The summed E-state index contributed by atoms with van der Waals surface area (Å²) in [6.07, 6.45) is 0.908. The fraction of sp³-hybridized carbons (Fsp3) is 0.357. The van der Waals surface area contributed by atoms with E-state index in [9.17, 15) is 8.78 Å². The second kappa shape index (κ2) is 5.20. The van der Waals surface area contributed by atoms with Gasteiger partial charge in [0.2, 0.25) is 0 Å². The Kier molecular flexibility index (Phi) is 3.40. The van der Waals surface area contributed by atoms with E-state index in [1.807, 2.05) is 6.92 Å². The number of ether oxygens (including phenoxy) is 1. The molecule has 0 spiro atoms. The number of benzene rings is 1. The molecule has 1 N–H and O–H groups in total. The maximum atomic E-state index is 12.1. The summed E-state index contributed by atoms with van der Waals surface area (Å²) in [5, 5.41) is 3.28. The van der Waals surface area contributed by atoms with Crippen LogP contribution in [0.1, 0.15) is 17.2 Å². The van der Waals surface area contributed by atoms with E-state index in [1.165, 1.54) is 5.69 Å². The lowest BCUT2D eigenvalue weighted by molar-refractivity contribution is -0.0498. The minimum absolute atomic E-state index is 0.164. The first kappa shape index (κ1) is 13.1. The predicted octanol–water partition coefficient (Wildman–Crippen LogP) is 2.43. The summed E-state index contributed by atoms with van der Waals surface area (Å²) in [5.41, 5.74) is 3.16. The van der Waals surface area contributed by atoms with Crippen molar-refractivity contribution >= 4 is 0 Å². The highest BCUT2D eigenvalue weighted by Gasteiger charge is 2.18. The molecule has 0 saturated heterocycles. The SMILES string of the molecule is Cc1nc2c(n1-c1ccc(OC(F)F)cc1)CCNC2. The molecule has 3 rings (SSSR count). The molecule has 6 heteroatoms. The summed E-state index contributed by atoms with van der Waals surface area (Å²) >= 11 is 0. The average Bonchev–Trinajstić information content (AvgIpc) is 2.75. The summed E-state index contributed by atoms with van der Waals surface area (Å²) in [6.45, 7) is 0.845. The molecule has 1 aromatic carbocycles. The van der Waals surface area contributed by atoms with E-state index in [1.54, 1.807) is 24.3 Å². The van der Waals surface area contributed by atoms with Gasteiger partial charge >= 0.3 is 6.61 Å². The van der Waals surface area contributed by atoms with Gasteiger partial charge in [-0.25, -0.2) is 4.98 Å². The van der Waals surface area contributed by atoms with E-state index < -0.39 is 6.61 Å². The summed E-state index contributed by atoms with van der Waals surface area (Å²) in [5.74, 6) is 1.07. The lowest BCUT2D eigenvalue weighted by Crippen LogP contribution is -2.24. The smallest absolute Gasteiger partial charge is 0.387 e. The number of fused-ring (bicyclic) bond motifs is 1. The van der Waals surface area contributed by atoms with Gasteiger partial charge in [-0.3, -0.25) is 0 Å². The highest BCUT2D eigenvalue weighted by Crippen LogP contribution is 2.23. The van der Waals surface area contributed by atoms with E-state index in [-0.39, 0.29) is 5.75 Å². The van der Waals surface area contributed by atoms with Crippen LogP contribution >= 0.6 is 0 Å². The Morgan fingerprint density at radius 3 is 2.75 bits per heavy atom. The van der Waals surface area contributed by atoms with Gasteiger partial charge in [-0.2, -0.15) is 8.78 Å². The first-order valence-electron chi connectivity index (χ1n) is 6.48. The largest absolute Gasteiger partial charge is 0.435 e. The maximum absolute atomic E-state index is 12.1. The quantitative estimate of drug-likeness (QED) is 0.938. The number of alkyl halides is 2. The molecule has 1 aliphatic rings. The predicted molar refractivity (Wildman–Crippen MR) is 70.3 cm³/mol. The van der Waals surface area contributed by atoms with Crippen LogP contribution in [-0.2, 0) is 13.0 Å². The van der Waals surface area contributed by atoms with Crippen LogP contribution in [0.2, 0.25) is 0 Å². The Hall–Kier alpha value is -1.95. The van der Waals surface area contributed by atoms with Gasteiger partial charge in [0.1, 0.15) is 11.6 Å². The molecule has 0 fully saturated rings. The first-order valence-corrected chi connectivity index (χ1v) is 6.48. The van der Waals surface area contributed by atoms with Crippen LogP contribution in [0.5, 0.6) is 5.75 Å². The van der Waals surface area contributed by atoms with Crippen molar-refractivity contribution in [3.8, 4) is 11.4 Å². The van der Waals surface area contributed by atoms with E-state index >= 15 is 0 Å². The van der Waals surface area contributed by atoms with Gasteiger partial charge in [0.25, 0.3) is 0 Å². The third kappa shape index (κ3) is 2.38. The maximum Gasteiger partial charge on any atom is 0.387 e. The molecule has 0 aliphatic carbocycles. The molecule has 4 nitrogen and oxygen atoms in total. The standard InChI is InChI=1S/C14H15F2N3O/c1-9-18-12-8-17-7-6-13(12)19(9)10-2-4-11(5-3-10)20-14(15)16/h2-5,14,17H,6-8H2,1H3. The van der Waals surface area contributed by atoms with Gasteiger partial charge in [-0.05, 0) is 31.2 Å². The Balaban J connectivity index is 1.95. The lowest BCUT2D eigenvalue weighted by atomic mass is 10.1. The minimum Gasteiger partial charge on any atom is -0.435 e. The van der Waals surface area contributed by atoms with Crippen LogP contribution in [0.15, 0.2) is 24.3 Å². The number of hydrogen-bond acceptors (Lipinski definition) is 3. The molecule has 0 radical (unpaired) electrons. The fourth-order valence-corrected chi connectivity index (χ4v) is 2.56. The van der Waals surface area contributed by atoms with E-state index in [4.69, 9.17) is 0 Å². The second-order valence-electron chi connectivity index (χ2n) is 4.69. The molecule has 20 heavy (non-hydrogen) atoms. The van der Waals surface area contributed by atoms with Crippen molar-refractivity contribution in [2.75, 3.05) is 6.54 Å². The summed E-state index contributed by atoms with van der Waals surface area (Å²) in [6, 6.07) is 6.65. The number of aromatic nitrogens is 2. The number of hydrogen-bond donors (Lipinski definition) is 1. The molecule has 2 aromatic rings. The molecule has 0 saturated carbocycles. The van der Waals surface area contributed by atoms with Crippen molar-refractivity contribution in [1.29, 1.82) is 0 Å². The van der Waals surface area contributed by atoms with Gasteiger partial charge in [0.05, 0.1) is 5.69 Å². The zero-order valence-electron chi connectivity index (χ0n) is 11.1. The Labute approximate surface area is 115 Å². The highest BCUT2D eigenvalue weighted by atomic mass is 19.3. The third-order valence-corrected chi connectivity index (χ3v) is 3.37. The van der Waals surface area contributed by atoms with Crippen molar-refractivity contribution in [3.63, 3.8) is 0 Å². The molecule has 2 heterocycles. The zero-order chi connectivity index (χ0) is 14.1. The number of halogens is 2. The van der Waals surface area contributed by atoms with Crippen LogP contribution in [0.4, 0.5) is 8.78 Å². The van der Waals surface area contributed by atoms with Gasteiger partial charge < -0.3 is 14.6 Å². The van der Waals surface area contributed by atoms with Gasteiger partial charge in [0, 0.05) is 30.9 Å². The lowest BCUT2D eigenvalue weighted by Gasteiger charge is -2.16. The van der Waals surface area contributed by atoms with Crippen molar-refractivity contribution in [2.45, 2.75) is 26.5 Å². The van der Waals surface area contributed by atoms with Crippen molar-refractivity contribution in [1.82, 2.24) is 14.9 Å². The molecule has 1 aliphatic heterocycles. The second-order valence-corrected chi connectivity index (χ2v) is 4.69. The van der Waals surface area contributed by atoms with Crippen molar-refractivity contribution < 1.29 is 13.5 Å². The van der Waals surface area contributed by atoms with Gasteiger partial charge in [0.15, 0.2) is 0 Å². The van der Waals surface area contributed by atoms with Gasteiger partial charge in [-0.1, -0.05) is 0 Å². The molecule has 0 unspecified atom stereocenters. The normalized spacial score (nSPS) is 14.4. The molecule has 0 atom stereocenters. The molecular weight excluding hydrogens is 264 g/mol. The zero-order valence-corrected chi connectivity index (χ0v) is 11.1. The summed E-state index contributed by atoms with van der Waals surface area (Å²) < 4.78 is 30.7. The van der Waals surface area contributed by atoms with Crippen LogP contribution < -0.4 is 10.1 Å². The average molecular weight is 279 g/mol. The molecule has 1 aromatic heterocycles. The minimum atomic E-state index is -2.80. The van der Waals surface area contributed by atoms with Crippen LogP contribution in [0.25, 0.3) is 5.69 Å². The fourth-order valence-electron chi connectivity index (χ4n) is 2.56. The number of rotatable bonds is 3. The highest BCUT2D eigenvalue weighted by molar-refractivity contribution is 5.41. The van der Waals surface area contributed by atoms with Crippen molar-refractivity contribution in [3.05, 3.63) is 41.5 Å². The number of imidazole rings is 1. The molecule has 0 bridgehead atoms. The topological polar surface area (TPSA) is 39.1 Å². The third-order valence-electron chi connectivity index (χ3n) is 3.37. The van der Waals surface area contributed by atoms with E-state index in [0.29, 0.717) is 0 Å². The monoisotopic (exact) mass is 279 g/mol. The van der Waals surface area contributed by atoms with Gasteiger partial charge in [-0.15, -0.1) is 0 Å². The molecule has 106 valence electrons. The number of aryl methyl sites for hydroxylation is 1. The first-order chi connectivity index (χ1) is 9.65. The van der Waals surface area contributed by atoms with E-state index in [0.717, 1.165) is 36.7 Å². The Morgan fingerprint density at radius 1 is 1.30 bits per heavy atom. The van der Waals surface area contributed by atoms with Crippen LogP contribution in [0, 0.1) is 6.92 Å². The summed E-state index contributed by atoms with van der Waals surface area (Å²) in [4.78, 5) is 4.55. The summed E-state index contributed by atoms with van der Waals surface area (Å²) in [7, 11) is 0. The number of nitrogens with zero attached hydrogens (tertiary/aromatic N) is 2. The molecular formula is C14H15F2N3O. The Bertz CT molecular complexity index is 608. The van der Waals surface area contributed by atoms with Crippen LogP contribution in [0.3, 0.4) is 0 Å².